The van der Waals surface area contributed by atoms with Crippen LogP contribution < -0.4 is 5.73 Å². The summed E-state index contributed by atoms with van der Waals surface area (Å²) in [7, 11) is 0. The van der Waals surface area contributed by atoms with Gasteiger partial charge in [-0.2, -0.15) is 0 Å². The van der Waals surface area contributed by atoms with E-state index >= 15 is 0 Å². The number of nitrogens with two attached hydrogens (primary N) is 1. The highest BCUT2D eigenvalue weighted by Crippen LogP contribution is 2.11. The second-order valence-corrected chi connectivity index (χ2v) is 3.81. The van der Waals surface area contributed by atoms with E-state index in [4.69, 9.17) is 15.9 Å². The highest BCUT2D eigenvalue weighted by molar-refractivity contribution is 5.98. The van der Waals surface area contributed by atoms with Crippen LogP contribution in [0.3, 0.4) is 0 Å². The number of benzene rings is 1. The van der Waals surface area contributed by atoms with Crippen LogP contribution >= 0.6 is 0 Å². The average Bonchev–Trinajstić information content (AvgIpc) is 2.36. The molecule has 1 aromatic carbocycles. The van der Waals surface area contributed by atoms with Crippen molar-refractivity contribution in [3.8, 4) is 0 Å². The number of aliphatic carboxylic acids is 2. The summed E-state index contributed by atoms with van der Waals surface area (Å²) < 4.78 is 0. The minimum absolute atomic E-state index is 0.107. The van der Waals surface area contributed by atoms with E-state index in [0.717, 1.165) is 4.90 Å². The van der Waals surface area contributed by atoms with Gasteiger partial charge in [0.2, 0.25) is 0 Å². The largest absolute Gasteiger partial charge is 0.480 e. The fourth-order valence-corrected chi connectivity index (χ4v) is 1.60. The van der Waals surface area contributed by atoms with Crippen LogP contribution in [0, 0.1) is 0 Å². The second kappa shape index (κ2) is 6.50. The Kier molecular flexibility index (Phi) is 5.01. The smallest absolute Gasteiger partial charge is 0.323 e. The fourth-order valence-electron chi connectivity index (χ4n) is 1.60. The molecule has 0 aromatic heterocycles. The van der Waals surface area contributed by atoms with Gasteiger partial charge >= 0.3 is 11.9 Å². The molecule has 0 atom stereocenters. The third-order valence-corrected chi connectivity index (χ3v) is 2.41. The molecule has 0 aliphatic rings. The molecule has 4 N–H and O–H groups in total. The lowest BCUT2D eigenvalue weighted by Gasteiger charge is -2.19. The number of nitrogens with zero attached hydrogens (tertiary/aromatic N) is 1. The quantitative estimate of drug-likeness (QED) is 0.653. The van der Waals surface area contributed by atoms with E-state index < -0.39 is 30.9 Å². The summed E-state index contributed by atoms with van der Waals surface area (Å²) in [6, 6.07) is 6.41. The molecule has 1 aromatic rings. The van der Waals surface area contributed by atoms with E-state index in [2.05, 4.69) is 0 Å². The van der Waals surface area contributed by atoms with Gasteiger partial charge in [-0.1, -0.05) is 18.2 Å². The molecule has 0 aliphatic heterocycles. The molecule has 1 amide bonds. The van der Waals surface area contributed by atoms with Crippen molar-refractivity contribution in [2.75, 3.05) is 13.1 Å². The first-order valence-corrected chi connectivity index (χ1v) is 5.46. The maximum absolute atomic E-state index is 12.1. The molecule has 102 valence electrons. The van der Waals surface area contributed by atoms with Gasteiger partial charge < -0.3 is 20.8 Å². The molecule has 0 heterocycles. The number of amides is 1. The Bertz CT molecular complexity index is 485. The van der Waals surface area contributed by atoms with Gasteiger partial charge in [0.1, 0.15) is 13.1 Å². The Hall–Kier alpha value is -2.41. The van der Waals surface area contributed by atoms with Crippen LogP contribution in [0.1, 0.15) is 15.9 Å². The van der Waals surface area contributed by atoms with Gasteiger partial charge in [-0.05, 0) is 11.6 Å². The number of carboxylic acid groups (broad SMARTS) is 2. The summed E-state index contributed by atoms with van der Waals surface area (Å²) in [4.78, 5) is 34.2. The third-order valence-electron chi connectivity index (χ3n) is 2.41. The van der Waals surface area contributed by atoms with Crippen molar-refractivity contribution in [3.05, 3.63) is 35.4 Å². The topological polar surface area (TPSA) is 121 Å². The monoisotopic (exact) mass is 266 g/mol. The van der Waals surface area contributed by atoms with E-state index in [1.807, 2.05) is 0 Å². The first-order valence-electron chi connectivity index (χ1n) is 5.46. The summed E-state index contributed by atoms with van der Waals surface area (Å²) in [6.45, 7) is -1.25. The van der Waals surface area contributed by atoms with Gasteiger partial charge in [-0.15, -0.1) is 0 Å². The molecule has 7 nitrogen and oxygen atoms in total. The normalized spacial score (nSPS) is 9.95. The van der Waals surface area contributed by atoms with Crippen molar-refractivity contribution >= 4 is 17.8 Å². The molecule has 0 fully saturated rings. The summed E-state index contributed by atoms with van der Waals surface area (Å²) in [5, 5.41) is 17.4. The van der Waals surface area contributed by atoms with Crippen LogP contribution in [0.2, 0.25) is 0 Å². The minimum atomic E-state index is -1.28. The van der Waals surface area contributed by atoms with Crippen molar-refractivity contribution < 1.29 is 24.6 Å². The summed E-state index contributed by atoms with van der Waals surface area (Å²) >= 11 is 0. The molecule has 0 unspecified atom stereocenters. The number of carboxylic acids is 2. The van der Waals surface area contributed by atoms with Gasteiger partial charge in [0.15, 0.2) is 0 Å². The summed E-state index contributed by atoms with van der Waals surface area (Å²) in [6.07, 6.45) is 0. The standard InChI is InChI=1S/C12H14N2O5/c13-5-8-3-1-2-4-9(8)12(19)14(6-10(15)16)7-11(17)18/h1-4H,5-7,13H2,(H,15,16)(H,17,18). The summed E-state index contributed by atoms with van der Waals surface area (Å²) in [5.74, 6) is -3.22. The molecule has 7 heteroatoms. The number of carbonyl (C=O) groups is 3. The van der Waals surface area contributed by atoms with Gasteiger partial charge in [-0.3, -0.25) is 14.4 Å². The zero-order valence-electron chi connectivity index (χ0n) is 10.1. The van der Waals surface area contributed by atoms with Crippen molar-refractivity contribution in [2.24, 2.45) is 5.73 Å². The Balaban J connectivity index is 3.04. The van der Waals surface area contributed by atoms with E-state index in [0.29, 0.717) is 5.56 Å². The first-order chi connectivity index (χ1) is 8.95. The zero-order chi connectivity index (χ0) is 14.4. The van der Waals surface area contributed by atoms with Gasteiger partial charge in [0.05, 0.1) is 0 Å². The van der Waals surface area contributed by atoms with Crippen molar-refractivity contribution in [3.63, 3.8) is 0 Å². The lowest BCUT2D eigenvalue weighted by atomic mass is 10.1. The number of hydrogen-bond donors (Lipinski definition) is 3. The predicted molar refractivity (Wildman–Crippen MR) is 65.5 cm³/mol. The van der Waals surface area contributed by atoms with Crippen LogP contribution in [-0.2, 0) is 16.1 Å². The first kappa shape index (κ1) is 14.7. The SMILES string of the molecule is NCc1ccccc1C(=O)N(CC(=O)O)CC(=O)O. The molecule has 0 aliphatic carbocycles. The van der Waals surface area contributed by atoms with Gasteiger partial charge in [0.25, 0.3) is 5.91 Å². The van der Waals surface area contributed by atoms with E-state index in [1.165, 1.54) is 6.07 Å². The Labute approximate surface area is 109 Å². The molecule has 0 saturated heterocycles. The average molecular weight is 266 g/mol. The summed E-state index contributed by atoms with van der Waals surface area (Å²) in [5.41, 5.74) is 6.24. The van der Waals surface area contributed by atoms with Gasteiger partial charge in [-0.25, -0.2) is 0 Å². The van der Waals surface area contributed by atoms with Crippen LogP contribution in [-0.4, -0.2) is 46.0 Å². The van der Waals surface area contributed by atoms with Gasteiger partial charge in [0, 0.05) is 12.1 Å². The van der Waals surface area contributed by atoms with Crippen LogP contribution in [0.4, 0.5) is 0 Å². The van der Waals surface area contributed by atoms with E-state index in [9.17, 15) is 14.4 Å². The predicted octanol–water partition coefficient (Wildman–Crippen LogP) is -0.243. The lowest BCUT2D eigenvalue weighted by molar-refractivity contribution is -0.140. The van der Waals surface area contributed by atoms with E-state index in [-0.39, 0.29) is 12.1 Å². The Morgan fingerprint density at radius 1 is 1.05 bits per heavy atom. The Morgan fingerprint density at radius 2 is 1.58 bits per heavy atom. The maximum Gasteiger partial charge on any atom is 0.323 e. The highest BCUT2D eigenvalue weighted by atomic mass is 16.4. The van der Waals surface area contributed by atoms with Crippen LogP contribution in [0.25, 0.3) is 0 Å². The molecular formula is C12H14N2O5. The Morgan fingerprint density at radius 3 is 2.05 bits per heavy atom. The molecular weight excluding hydrogens is 252 g/mol. The molecule has 0 radical (unpaired) electrons. The van der Waals surface area contributed by atoms with Crippen molar-refractivity contribution in [1.29, 1.82) is 0 Å². The molecule has 0 bridgehead atoms. The van der Waals surface area contributed by atoms with Crippen LogP contribution in [0.5, 0.6) is 0 Å². The van der Waals surface area contributed by atoms with Crippen LogP contribution in [0.15, 0.2) is 24.3 Å². The number of hydrogen-bond acceptors (Lipinski definition) is 4. The number of carbonyl (C=O) groups excluding carboxylic acids is 1. The fraction of sp³-hybridized carbons (Fsp3) is 0.250. The zero-order valence-corrected chi connectivity index (χ0v) is 10.1. The number of rotatable bonds is 6. The van der Waals surface area contributed by atoms with Crippen molar-refractivity contribution in [1.82, 2.24) is 4.90 Å². The third kappa shape index (κ3) is 4.07. The maximum atomic E-state index is 12.1. The molecule has 0 saturated carbocycles. The molecule has 1 rings (SSSR count). The van der Waals surface area contributed by atoms with Crippen molar-refractivity contribution in [2.45, 2.75) is 6.54 Å². The molecule has 19 heavy (non-hydrogen) atoms. The lowest BCUT2D eigenvalue weighted by Crippen LogP contribution is -2.39. The minimum Gasteiger partial charge on any atom is -0.480 e. The molecule has 0 spiro atoms. The van der Waals surface area contributed by atoms with E-state index in [1.54, 1.807) is 18.2 Å². The highest BCUT2D eigenvalue weighted by Gasteiger charge is 2.22. The second-order valence-electron chi connectivity index (χ2n) is 3.81.